The van der Waals surface area contributed by atoms with Crippen molar-refractivity contribution in [2.75, 3.05) is 13.2 Å². The first-order valence-corrected chi connectivity index (χ1v) is 19.2. The summed E-state index contributed by atoms with van der Waals surface area (Å²) in [4.78, 5) is 0. The largest absolute Gasteiger partial charge is 0.494 e. The minimum absolute atomic E-state index is 0.807. The van der Waals surface area contributed by atoms with Crippen LogP contribution in [0, 0.1) is 6.92 Å². The molecule has 0 radical (unpaired) electrons. The van der Waals surface area contributed by atoms with E-state index < -0.39 is 0 Å². The Bertz CT molecular complexity index is 878. The molecule has 0 atom stereocenters. The molecule has 0 bridgehead atoms. The molecule has 0 fully saturated rings. The Kier molecular flexibility index (Phi) is 30.1. The van der Waals surface area contributed by atoms with E-state index >= 15 is 0 Å². The zero-order chi connectivity index (χ0) is 32.3. The van der Waals surface area contributed by atoms with Gasteiger partial charge in [-0.2, -0.15) is 0 Å². The number of benzene rings is 1. The molecule has 256 valence electrons. The average molecular weight is 621 g/mol. The molecule has 0 aliphatic carbocycles. The molecule has 0 saturated carbocycles. The second-order valence-corrected chi connectivity index (χ2v) is 12.8. The van der Waals surface area contributed by atoms with Gasteiger partial charge in [-0.3, -0.25) is 0 Å². The molecule has 0 aliphatic rings. The second kappa shape index (κ2) is 33.2. The lowest BCUT2D eigenvalue weighted by atomic mass is 10.1. The first-order chi connectivity index (χ1) is 22.3. The summed E-state index contributed by atoms with van der Waals surface area (Å²) >= 11 is 0. The lowest BCUT2D eigenvalue weighted by Crippen LogP contribution is -2.01. The van der Waals surface area contributed by atoms with Crippen molar-refractivity contribution in [3.63, 3.8) is 0 Å². The number of aryl methyl sites for hydroxylation is 1. The lowest BCUT2D eigenvalue weighted by molar-refractivity contribution is 0.294. The summed E-state index contributed by atoms with van der Waals surface area (Å²) in [6.07, 6.45) is 49.2. The highest BCUT2D eigenvalue weighted by Crippen LogP contribution is 2.24. The average Bonchev–Trinajstić information content (AvgIpc) is 3.04. The Labute approximate surface area is 280 Å². The molecule has 0 amide bonds. The molecule has 2 heteroatoms. The van der Waals surface area contributed by atoms with Gasteiger partial charge in [0.25, 0.3) is 0 Å². The summed E-state index contributed by atoms with van der Waals surface area (Å²) in [5.74, 6) is 1.97. The Morgan fingerprint density at radius 3 is 1.29 bits per heavy atom. The van der Waals surface area contributed by atoms with Crippen molar-refractivity contribution in [2.45, 2.75) is 175 Å². The minimum atomic E-state index is 0.807. The van der Waals surface area contributed by atoms with Gasteiger partial charge in [-0.1, -0.05) is 140 Å². The Hall–Kier alpha value is -2.22. The van der Waals surface area contributed by atoms with Crippen LogP contribution in [0.1, 0.15) is 174 Å². The van der Waals surface area contributed by atoms with Crippen molar-refractivity contribution in [2.24, 2.45) is 0 Å². The van der Waals surface area contributed by atoms with Gasteiger partial charge >= 0.3 is 0 Å². The van der Waals surface area contributed by atoms with Crippen LogP contribution in [-0.2, 0) is 0 Å². The molecule has 0 spiro atoms. The van der Waals surface area contributed by atoms with Gasteiger partial charge < -0.3 is 9.47 Å². The molecule has 1 aromatic carbocycles. The maximum atomic E-state index is 6.07. The third-order valence-corrected chi connectivity index (χ3v) is 8.36. The zero-order valence-corrected chi connectivity index (χ0v) is 30.1. The molecule has 0 aliphatic heterocycles. The maximum absolute atomic E-state index is 6.07. The van der Waals surface area contributed by atoms with E-state index in [0.29, 0.717) is 0 Å². The molecule has 0 heterocycles. The number of rotatable bonds is 32. The lowest BCUT2D eigenvalue weighted by Gasteiger charge is -2.12. The van der Waals surface area contributed by atoms with Crippen molar-refractivity contribution in [3.05, 3.63) is 72.4 Å². The number of hydrogen-bond acceptors (Lipinski definition) is 2. The molecule has 2 nitrogen and oxygen atoms in total. The van der Waals surface area contributed by atoms with Gasteiger partial charge in [0, 0.05) is 0 Å². The van der Waals surface area contributed by atoms with Crippen LogP contribution in [0.2, 0.25) is 0 Å². The van der Waals surface area contributed by atoms with E-state index in [1.807, 2.05) is 0 Å². The van der Waals surface area contributed by atoms with Gasteiger partial charge in [0.05, 0.1) is 13.2 Å². The van der Waals surface area contributed by atoms with Crippen LogP contribution >= 0.6 is 0 Å². The maximum Gasteiger partial charge on any atom is 0.122 e. The molecular weight excluding hydrogens is 548 g/mol. The summed E-state index contributed by atoms with van der Waals surface area (Å²) in [5, 5.41) is 0. The Balaban J connectivity index is 1.93. The van der Waals surface area contributed by atoms with Crippen LogP contribution in [-0.4, -0.2) is 13.2 Å². The second-order valence-electron chi connectivity index (χ2n) is 12.8. The van der Waals surface area contributed by atoms with Crippen LogP contribution in [0.4, 0.5) is 0 Å². The number of unbranched alkanes of at least 4 members (excludes halogenated alkanes) is 18. The zero-order valence-electron chi connectivity index (χ0n) is 30.1. The Morgan fingerprint density at radius 1 is 0.444 bits per heavy atom. The van der Waals surface area contributed by atoms with E-state index in [2.05, 4.69) is 87.6 Å². The van der Waals surface area contributed by atoms with Crippen molar-refractivity contribution >= 4 is 0 Å². The first-order valence-electron chi connectivity index (χ1n) is 19.2. The summed E-state index contributed by atoms with van der Waals surface area (Å²) in [7, 11) is 0. The van der Waals surface area contributed by atoms with Gasteiger partial charge in [0.2, 0.25) is 0 Å². The van der Waals surface area contributed by atoms with Gasteiger partial charge in [-0.05, 0) is 108 Å². The molecule has 45 heavy (non-hydrogen) atoms. The van der Waals surface area contributed by atoms with Crippen LogP contribution in [0.5, 0.6) is 11.5 Å². The van der Waals surface area contributed by atoms with Crippen LogP contribution in [0.3, 0.4) is 0 Å². The molecule has 0 saturated heterocycles. The quantitative estimate of drug-likeness (QED) is 0.0589. The highest BCUT2D eigenvalue weighted by molar-refractivity contribution is 5.39. The molecule has 1 aromatic rings. The number of hydrogen-bond donors (Lipinski definition) is 0. The van der Waals surface area contributed by atoms with Crippen molar-refractivity contribution in [1.82, 2.24) is 0 Å². The highest BCUT2D eigenvalue weighted by atomic mass is 16.5. The number of allylic oxidation sites excluding steroid dienone is 8. The van der Waals surface area contributed by atoms with E-state index in [0.717, 1.165) is 50.4 Å². The van der Waals surface area contributed by atoms with E-state index in [-0.39, 0.29) is 0 Å². The summed E-state index contributed by atoms with van der Waals surface area (Å²) < 4.78 is 12.1. The fraction of sp³-hybridized carbons (Fsp3) is 0.674. The fourth-order valence-electron chi connectivity index (χ4n) is 5.43. The monoisotopic (exact) mass is 621 g/mol. The fourth-order valence-corrected chi connectivity index (χ4v) is 5.43. The Morgan fingerprint density at radius 2 is 0.844 bits per heavy atom. The molecule has 0 aromatic heterocycles. The molecule has 0 unspecified atom stereocenters. The van der Waals surface area contributed by atoms with E-state index in [1.54, 1.807) is 0 Å². The third-order valence-electron chi connectivity index (χ3n) is 8.36. The van der Waals surface area contributed by atoms with Crippen LogP contribution in [0.25, 0.3) is 0 Å². The van der Waals surface area contributed by atoms with Crippen LogP contribution in [0.15, 0.2) is 66.8 Å². The van der Waals surface area contributed by atoms with Crippen molar-refractivity contribution in [3.8, 4) is 11.5 Å². The third kappa shape index (κ3) is 27.8. The van der Waals surface area contributed by atoms with Gasteiger partial charge in [0.15, 0.2) is 0 Å². The molecular formula is C43H72O2. The minimum Gasteiger partial charge on any atom is -0.494 e. The van der Waals surface area contributed by atoms with Crippen molar-refractivity contribution in [1.29, 1.82) is 0 Å². The first kappa shape index (κ1) is 40.8. The van der Waals surface area contributed by atoms with Crippen molar-refractivity contribution < 1.29 is 9.47 Å². The summed E-state index contributed by atoms with van der Waals surface area (Å²) in [6.45, 7) is 8.27. The van der Waals surface area contributed by atoms with Gasteiger partial charge in [-0.15, -0.1) is 0 Å². The van der Waals surface area contributed by atoms with Gasteiger partial charge in [-0.25, -0.2) is 0 Å². The topological polar surface area (TPSA) is 18.5 Å². The predicted molar refractivity (Wildman–Crippen MR) is 201 cm³/mol. The summed E-state index contributed by atoms with van der Waals surface area (Å²) in [6, 6.07) is 6.28. The predicted octanol–water partition coefficient (Wildman–Crippen LogP) is 14.4. The molecule has 1 rings (SSSR count). The summed E-state index contributed by atoms with van der Waals surface area (Å²) in [5.41, 5.74) is 1.17. The van der Waals surface area contributed by atoms with Crippen LogP contribution < -0.4 is 9.47 Å². The van der Waals surface area contributed by atoms with E-state index in [4.69, 9.17) is 9.47 Å². The normalized spacial score (nSPS) is 12.1. The molecule has 0 N–H and O–H groups in total. The van der Waals surface area contributed by atoms with Gasteiger partial charge in [0.1, 0.15) is 11.5 Å². The van der Waals surface area contributed by atoms with E-state index in [9.17, 15) is 0 Å². The number of ether oxygens (including phenoxy) is 2. The SMILES string of the molecule is CCCCC/C=C\C/C=C\CCCCCCCCOc1ccc(OCCCCCCCC/C=C\C/C=C\CCCCC)c(C)c1. The highest BCUT2D eigenvalue weighted by Gasteiger charge is 2.03. The smallest absolute Gasteiger partial charge is 0.122 e. The van der Waals surface area contributed by atoms with E-state index in [1.165, 1.54) is 134 Å². The standard InChI is InChI=1S/C43H72O2/c1-4-6-8-10-12-14-16-18-20-22-24-26-28-30-32-34-38-44-42-36-37-43(41(3)40-42)45-39-35-33-31-29-27-25-23-21-19-17-15-13-11-9-7-5-2/h12-15,18-21,36-37,40H,4-11,16-17,22-35,38-39H2,1-3H3/b14-12-,15-13-,20-18-,21-19-.